The molecule has 0 saturated heterocycles. The molecule has 4 nitrogen and oxygen atoms in total. The van der Waals surface area contributed by atoms with Crippen LogP contribution in [0, 0.1) is 6.92 Å². The van der Waals surface area contributed by atoms with Gasteiger partial charge in [-0.3, -0.25) is 4.57 Å². The summed E-state index contributed by atoms with van der Waals surface area (Å²) in [5.74, 6) is 1.81. The molecule has 6 heteroatoms. The average molecular weight is 413 g/mol. The molecule has 3 heterocycles. The van der Waals surface area contributed by atoms with Crippen LogP contribution >= 0.6 is 23.2 Å². The SMILES string of the molecule is C=C1CN(C2CCCCC2)c2nc(C)nc3c2c1cn3-c1ccc(Cl)cc1Cl. The fraction of sp³-hybridized carbons (Fsp3) is 0.364. The topological polar surface area (TPSA) is 34.0 Å². The zero-order valence-electron chi connectivity index (χ0n) is 15.9. The molecule has 28 heavy (non-hydrogen) atoms. The fourth-order valence-electron chi connectivity index (χ4n) is 4.61. The summed E-state index contributed by atoms with van der Waals surface area (Å²) in [6, 6.07) is 6.08. The van der Waals surface area contributed by atoms with E-state index in [1.807, 2.05) is 19.1 Å². The van der Waals surface area contributed by atoms with Crippen LogP contribution in [0.1, 0.15) is 43.5 Å². The third-order valence-corrected chi connectivity index (χ3v) is 6.48. The molecule has 2 aliphatic rings. The molecule has 5 rings (SSSR count). The van der Waals surface area contributed by atoms with E-state index in [4.69, 9.17) is 33.2 Å². The lowest BCUT2D eigenvalue weighted by Crippen LogP contribution is -2.40. The second-order valence-corrected chi connectivity index (χ2v) is 8.67. The molecule has 0 amide bonds. The number of nitrogens with zero attached hydrogens (tertiary/aromatic N) is 4. The molecule has 1 aliphatic heterocycles. The molecule has 2 aromatic heterocycles. The number of hydrogen-bond acceptors (Lipinski definition) is 3. The first kappa shape index (κ1) is 18.0. The maximum Gasteiger partial charge on any atom is 0.151 e. The van der Waals surface area contributed by atoms with Gasteiger partial charge in [-0.15, -0.1) is 0 Å². The number of hydrogen-bond donors (Lipinski definition) is 0. The van der Waals surface area contributed by atoms with Gasteiger partial charge in [-0.25, -0.2) is 9.97 Å². The molecule has 144 valence electrons. The maximum absolute atomic E-state index is 6.52. The molecule has 0 spiro atoms. The van der Waals surface area contributed by atoms with Crippen LogP contribution in [0.4, 0.5) is 5.82 Å². The van der Waals surface area contributed by atoms with Crippen molar-refractivity contribution >= 4 is 45.6 Å². The Kier molecular flexibility index (Phi) is 4.37. The summed E-state index contributed by atoms with van der Waals surface area (Å²) >= 11 is 12.6. The van der Waals surface area contributed by atoms with Crippen molar-refractivity contribution in [3.05, 3.63) is 52.4 Å². The van der Waals surface area contributed by atoms with Crippen molar-refractivity contribution in [1.82, 2.24) is 14.5 Å². The van der Waals surface area contributed by atoms with E-state index >= 15 is 0 Å². The Morgan fingerprint density at radius 1 is 1.11 bits per heavy atom. The van der Waals surface area contributed by atoms with Crippen LogP contribution < -0.4 is 4.90 Å². The first-order valence-corrected chi connectivity index (χ1v) is 10.6. The van der Waals surface area contributed by atoms with E-state index in [0.717, 1.165) is 46.0 Å². The summed E-state index contributed by atoms with van der Waals surface area (Å²) in [6.45, 7) is 7.16. The normalized spacial score (nSPS) is 17.5. The zero-order chi connectivity index (χ0) is 19.4. The number of aromatic nitrogens is 3. The van der Waals surface area contributed by atoms with E-state index in [2.05, 4.69) is 22.2 Å². The minimum Gasteiger partial charge on any atom is -0.349 e. The van der Waals surface area contributed by atoms with Crippen LogP contribution in [0.2, 0.25) is 10.0 Å². The molecule has 1 saturated carbocycles. The Morgan fingerprint density at radius 2 is 1.89 bits per heavy atom. The van der Waals surface area contributed by atoms with E-state index in [0.29, 0.717) is 16.1 Å². The maximum atomic E-state index is 6.52. The third kappa shape index (κ3) is 2.82. The smallest absolute Gasteiger partial charge is 0.151 e. The highest BCUT2D eigenvalue weighted by Gasteiger charge is 2.32. The average Bonchev–Trinajstić information content (AvgIpc) is 3.05. The van der Waals surface area contributed by atoms with Crippen molar-refractivity contribution in [2.24, 2.45) is 0 Å². The summed E-state index contributed by atoms with van der Waals surface area (Å²) in [4.78, 5) is 12.1. The van der Waals surface area contributed by atoms with Gasteiger partial charge in [0.1, 0.15) is 11.6 Å². The van der Waals surface area contributed by atoms with E-state index in [1.54, 1.807) is 6.07 Å². The number of aryl methyl sites for hydroxylation is 1. The Bertz CT molecular complexity index is 1100. The van der Waals surface area contributed by atoms with Crippen molar-refractivity contribution < 1.29 is 0 Å². The summed E-state index contributed by atoms with van der Waals surface area (Å²) < 4.78 is 2.05. The molecule has 1 aliphatic carbocycles. The summed E-state index contributed by atoms with van der Waals surface area (Å²) in [7, 11) is 0. The van der Waals surface area contributed by atoms with E-state index in [-0.39, 0.29) is 0 Å². The summed E-state index contributed by atoms with van der Waals surface area (Å²) in [5, 5.41) is 2.30. The van der Waals surface area contributed by atoms with Crippen molar-refractivity contribution in [3.8, 4) is 5.69 Å². The van der Waals surface area contributed by atoms with Gasteiger partial charge < -0.3 is 4.90 Å². The lowest BCUT2D eigenvalue weighted by atomic mass is 9.92. The van der Waals surface area contributed by atoms with Crippen LogP contribution in [0.3, 0.4) is 0 Å². The van der Waals surface area contributed by atoms with Gasteiger partial charge in [0.2, 0.25) is 0 Å². The lowest BCUT2D eigenvalue weighted by Gasteiger charge is -2.38. The highest BCUT2D eigenvalue weighted by atomic mass is 35.5. The van der Waals surface area contributed by atoms with Crippen LogP contribution in [0.25, 0.3) is 22.3 Å². The minimum atomic E-state index is 0.526. The first-order chi connectivity index (χ1) is 13.5. The monoisotopic (exact) mass is 412 g/mol. The fourth-order valence-corrected chi connectivity index (χ4v) is 5.11. The van der Waals surface area contributed by atoms with Crippen molar-refractivity contribution in [3.63, 3.8) is 0 Å². The van der Waals surface area contributed by atoms with E-state index in [1.165, 1.54) is 32.1 Å². The molecular formula is C22H22Cl2N4. The molecule has 0 bridgehead atoms. The Morgan fingerprint density at radius 3 is 2.64 bits per heavy atom. The molecular weight excluding hydrogens is 391 g/mol. The van der Waals surface area contributed by atoms with Gasteiger partial charge in [-0.05, 0) is 43.5 Å². The summed E-state index contributed by atoms with van der Waals surface area (Å²) in [6.07, 6.45) is 8.44. The zero-order valence-corrected chi connectivity index (χ0v) is 17.4. The van der Waals surface area contributed by atoms with Crippen molar-refractivity contribution in [1.29, 1.82) is 0 Å². The number of anilines is 1. The second-order valence-electron chi connectivity index (χ2n) is 7.82. The van der Waals surface area contributed by atoms with Gasteiger partial charge in [0, 0.05) is 29.4 Å². The molecule has 0 radical (unpaired) electrons. The molecule has 0 atom stereocenters. The van der Waals surface area contributed by atoms with Crippen molar-refractivity contribution in [2.75, 3.05) is 11.4 Å². The van der Waals surface area contributed by atoms with Gasteiger partial charge in [-0.1, -0.05) is 49.0 Å². The number of halogens is 2. The Balaban J connectivity index is 1.74. The van der Waals surface area contributed by atoms with Crippen LogP contribution in [-0.2, 0) is 0 Å². The lowest BCUT2D eigenvalue weighted by molar-refractivity contribution is 0.420. The molecule has 1 aromatic carbocycles. The number of rotatable bonds is 2. The van der Waals surface area contributed by atoms with E-state index < -0.39 is 0 Å². The summed E-state index contributed by atoms with van der Waals surface area (Å²) in [5.41, 5.74) is 3.97. The van der Waals surface area contributed by atoms with Crippen LogP contribution in [0.15, 0.2) is 31.0 Å². The Hall–Kier alpha value is -2.04. The molecule has 0 unspecified atom stereocenters. The highest BCUT2D eigenvalue weighted by Crippen LogP contribution is 2.42. The van der Waals surface area contributed by atoms with Gasteiger partial charge in [-0.2, -0.15) is 0 Å². The highest BCUT2D eigenvalue weighted by molar-refractivity contribution is 6.35. The van der Waals surface area contributed by atoms with Gasteiger partial charge in [0.05, 0.1) is 16.1 Å². The van der Waals surface area contributed by atoms with Gasteiger partial charge in [0.15, 0.2) is 5.65 Å². The minimum absolute atomic E-state index is 0.526. The molecule has 3 aromatic rings. The first-order valence-electron chi connectivity index (χ1n) is 9.83. The standard InChI is InChI=1S/C22H22Cl2N4/c1-13-11-27(16-6-4-3-5-7-16)21-20-17(13)12-28(22(20)26-14(2)25-21)19-9-8-15(23)10-18(19)24/h8-10,12,16H,1,3-7,11H2,2H3. The largest absolute Gasteiger partial charge is 0.349 e. The second kappa shape index (κ2) is 6.78. The Labute approximate surface area is 174 Å². The predicted molar refractivity (Wildman–Crippen MR) is 117 cm³/mol. The molecule has 0 N–H and O–H groups in total. The van der Waals surface area contributed by atoms with Crippen LogP contribution in [0.5, 0.6) is 0 Å². The predicted octanol–water partition coefficient (Wildman–Crippen LogP) is 6.20. The van der Waals surface area contributed by atoms with E-state index in [9.17, 15) is 0 Å². The van der Waals surface area contributed by atoms with Gasteiger partial charge >= 0.3 is 0 Å². The van der Waals surface area contributed by atoms with Gasteiger partial charge in [0.25, 0.3) is 0 Å². The van der Waals surface area contributed by atoms with Crippen LogP contribution in [-0.4, -0.2) is 27.1 Å². The molecule has 1 fully saturated rings. The quantitative estimate of drug-likeness (QED) is 0.502. The van der Waals surface area contributed by atoms with Crippen molar-refractivity contribution in [2.45, 2.75) is 45.1 Å². The number of benzene rings is 1. The third-order valence-electron chi connectivity index (χ3n) is 5.94.